The van der Waals surface area contributed by atoms with Gasteiger partial charge in [0.1, 0.15) is 0 Å². The lowest BCUT2D eigenvalue weighted by Crippen LogP contribution is -2.09. The van der Waals surface area contributed by atoms with Crippen LogP contribution in [0.1, 0.15) is 66.4 Å². The van der Waals surface area contributed by atoms with E-state index >= 15 is 0 Å². The van der Waals surface area contributed by atoms with Crippen LogP contribution in [0.15, 0.2) is 18.2 Å². The Bertz CT molecular complexity index is 458. The maximum absolute atomic E-state index is 12.2. The van der Waals surface area contributed by atoms with Crippen LogP contribution in [-0.4, -0.2) is 5.78 Å². The summed E-state index contributed by atoms with van der Waals surface area (Å²) < 4.78 is 5.39. The van der Waals surface area contributed by atoms with Crippen molar-refractivity contribution in [1.82, 2.24) is 0 Å². The number of rotatable bonds is 4. The summed E-state index contributed by atoms with van der Waals surface area (Å²) in [5.74, 6) is 1.09. The molecule has 1 aromatic carbocycles. The zero-order valence-electron chi connectivity index (χ0n) is 11.5. The minimum Gasteiger partial charge on any atom is -0.372 e. The molecular weight excluding hydrogens is 236 g/mol. The van der Waals surface area contributed by atoms with Gasteiger partial charge in [-0.15, -0.1) is 0 Å². The molecule has 1 aliphatic carbocycles. The van der Waals surface area contributed by atoms with Crippen LogP contribution in [0.5, 0.6) is 0 Å². The van der Waals surface area contributed by atoms with E-state index in [0.29, 0.717) is 25.4 Å². The van der Waals surface area contributed by atoms with Gasteiger partial charge < -0.3 is 4.74 Å². The number of benzene rings is 1. The Labute approximate surface area is 115 Å². The molecule has 1 aromatic rings. The number of hydrogen-bond acceptors (Lipinski definition) is 2. The third-order valence-electron chi connectivity index (χ3n) is 4.55. The molecule has 3 rings (SSSR count). The Morgan fingerprint density at radius 1 is 1.11 bits per heavy atom. The van der Waals surface area contributed by atoms with Gasteiger partial charge in [0.15, 0.2) is 5.78 Å². The number of fused-ring (bicyclic) bond motifs is 1. The van der Waals surface area contributed by atoms with Crippen LogP contribution in [0.3, 0.4) is 0 Å². The summed E-state index contributed by atoms with van der Waals surface area (Å²) in [5.41, 5.74) is 3.31. The summed E-state index contributed by atoms with van der Waals surface area (Å²) in [7, 11) is 0. The molecular formula is C17H22O2. The van der Waals surface area contributed by atoms with Crippen molar-refractivity contribution in [1.29, 1.82) is 0 Å². The van der Waals surface area contributed by atoms with Gasteiger partial charge in [-0.05, 0) is 29.5 Å². The van der Waals surface area contributed by atoms with Crippen molar-refractivity contribution in [2.24, 2.45) is 5.92 Å². The predicted molar refractivity (Wildman–Crippen MR) is 75.1 cm³/mol. The maximum atomic E-state index is 12.2. The Morgan fingerprint density at radius 2 is 1.89 bits per heavy atom. The van der Waals surface area contributed by atoms with Crippen LogP contribution in [0.2, 0.25) is 0 Å². The first kappa shape index (κ1) is 12.9. The first-order valence-corrected chi connectivity index (χ1v) is 7.55. The molecule has 0 atom stereocenters. The summed E-state index contributed by atoms with van der Waals surface area (Å²) in [6.07, 6.45) is 8.53. The zero-order valence-corrected chi connectivity index (χ0v) is 11.5. The highest BCUT2D eigenvalue weighted by atomic mass is 16.5. The smallest absolute Gasteiger partial charge is 0.162 e. The quantitative estimate of drug-likeness (QED) is 0.754. The van der Waals surface area contributed by atoms with Crippen molar-refractivity contribution in [2.45, 2.75) is 58.2 Å². The minimum absolute atomic E-state index is 0.306. The van der Waals surface area contributed by atoms with Gasteiger partial charge in [0.2, 0.25) is 0 Å². The molecule has 0 amide bonds. The Hall–Kier alpha value is -1.15. The molecule has 0 aromatic heterocycles. The lowest BCUT2D eigenvalue weighted by atomic mass is 9.85. The third kappa shape index (κ3) is 3.06. The van der Waals surface area contributed by atoms with Crippen molar-refractivity contribution < 1.29 is 9.53 Å². The van der Waals surface area contributed by atoms with Crippen molar-refractivity contribution in [2.75, 3.05) is 0 Å². The maximum Gasteiger partial charge on any atom is 0.162 e. The minimum atomic E-state index is 0.306. The third-order valence-corrected chi connectivity index (χ3v) is 4.55. The molecule has 2 nitrogen and oxygen atoms in total. The Morgan fingerprint density at radius 3 is 2.74 bits per heavy atom. The molecule has 0 spiro atoms. The number of hydrogen-bond donors (Lipinski definition) is 0. The first-order chi connectivity index (χ1) is 9.33. The molecule has 0 radical (unpaired) electrons. The monoisotopic (exact) mass is 258 g/mol. The van der Waals surface area contributed by atoms with E-state index in [-0.39, 0.29) is 0 Å². The van der Waals surface area contributed by atoms with Crippen molar-refractivity contribution in [3.63, 3.8) is 0 Å². The van der Waals surface area contributed by atoms with Crippen LogP contribution in [0.4, 0.5) is 0 Å². The number of ether oxygens (including phenoxy) is 1. The Balaban J connectivity index is 1.57. The molecule has 1 heterocycles. The first-order valence-electron chi connectivity index (χ1n) is 7.55. The zero-order chi connectivity index (χ0) is 13.1. The van der Waals surface area contributed by atoms with Gasteiger partial charge in [0.05, 0.1) is 13.2 Å². The highest BCUT2D eigenvalue weighted by molar-refractivity contribution is 5.96. The second-order valence-corrected chi connectivity index (χ2v) is 5.94. The van der Waals surface area contributed by atoms with Gasteiger partial charge in [0, 0.05) is 12.0 Å². The molecule has 2 heteroatoms. The predicted octanol–water partition coefficient (Wildman–Crippen LogP) is 4.26. The average molecular weight is 258 g/mol. The fourth-order valence-corrected chi connectivity index (χ4v) is 3.30. The van der Waals surface area contributed by atoms with Gasteiger partial charge in [-0.1, -0.05) is 44.2 Å². The fraction of sp³-hybridized carbons (Fsp3) is 0.588. The summed E-state index contributed by atoms with van der Waals surface area (Å²) in [4.78, 5) is 12.2. The Kier molecular flexibility index (Phi) is 3.97. The summed E-state index contributed by atoms with van der Waals surface area (Å²) in [6, 6.07) is 6.05. The number of carbonyl (C=O) groups is 1. The van der Waals surface area contributed by atoms with Gasteiger partial charge in [0.25, 0.3) is 0 Å². The van der Waals surface area contributed by atoms with Crippen LogP contribution in [-0.2, 0) is 18.0 Å². The van der Waals surface area contributed by atoms with Gasteiger partial charge in [-0.25, -0.2) is 0 Å². The van der Waals surface area contributed by atoms with E-state index in [2.05, 4.69) is 6.07 Å². The van der Waals surface area contributed by atoms with Crippen LogP contribution >= 0.6 is 0 Å². The average Bonchev–Trinajstić information content (AvgIpc) is 2.93. The van der Waals surface area contributed by atoms with Crippen molar-refractivity contribution in [3.05, 3.63) is 34.9 Å². The van der Waals surface area contributed by atoms with Gasteiger partial charge in [-0.2, -0.15) is 0 Å². The standard InChI is InChI=1S/C17H22O2/c18-17(9-6-13-4-2-1-3-5-13)14-7-8-15-11-19-12-16(15)10-14/h7-8,10,13H,1-6,9,11-12H2. The van der Waals surface area contributed by atoms with Crippen molar-refractivity contribution in [3.8, 4) is 0 Å². The molecule has 1 fully saturated rings. The topological polar surface area (TPSA) is 26.3 Å². The lowest BCUT2D eigenvalue weighted by molar-refractivity contribution is 0.0970. The molecule has 0 N–H and O–H groups in total. The number of Topliss-reactive ketones (excluding diaryl/α,β-unsaturated/α-hetero) is 1. The van der Waals surface area contributed by atoms with Gasteiger partial charge >= 0.3 is 0 Å². The van der Waals surface area contributed by atoms with Crippen molar-refractivity contribution >= 4 is 5.78 Å². The number of ketones is 1. The highest BCUT2D eigenvalue weighted by Gasteiger charge is 2.17. The molecule has 19 heavy (non-hydrogen) atoms. The van der Waals surface area contributed by atoms with Crippen LogP contribution in [0, 0.1) is 5.92 Å². The molecule has 0 saturated heterocycles. The molecule has 102 valence electrons. The van der Waals surface area contributed by atoms with E-state index in [0.717, 1.165) is 17.9 Å². The lowest BCUT2D eigenvalue weighted by Gasteiger charge is -2.20. The summed E-state index contributed by atoms with van der Waals surface area (Å²) in [5, 5.41) is 0. The highest BCUT2D eigenvalue weighted by Crippen LogP contribution is 2.28. The van der Waals surface area contributed by atoms with E-state index in [9.17, 15) is 4.79 Å². The molecule has 1 saturated carbocycles. The van der Waals surface area contributed by atoms with E-state index in [1.165, 1.54) is 43.2 Å². The largest absolute Gasteiger partial charge is 0.372 e. The van der Waals surface area contributed by atoms with Gasteiger partial charge in [-0.3, -0.25) is 4.79 Å². The molecule has 2 aliphatic rings. The molecule has 0 bridgehead atoms. The van der Waals surface area contributed by atoms with Crippen LogP contribution in [0.25, 0.3) is 0 Å². The van der Waals surface area contributed by atoms with E-state index in [1.807, 2.05) is 12.1 Å². The second kappa shape index (κ2) is 5.87. The van der Waals surface area contributed by atoms with E-state index in [1.54, 1.807) is 0 Å². The fourth-order valence-electron chi connectivity index (χ4n) is 3.30. The second-order valence-electron chi connectivity index (χ2n) is 5.94. The molecule has 0 unspecified atom stereocenters. The summed E-state index contributed by atoms with van der Waals surface area (Å²) in [6.45, 7) is 1.37. The molecule has 1 aliphatic heterocycles. The normalized spacial score (nSPS) is 19.4. The van der Waals surface area contributed by atoms with E-state index in [4.69, 9.17) is 4.74 Å². The van der Waals surface area contributed by atoms with Crippen LogP contribution < -0.4 is 0 Å². The summed E-state index contributed by atoms with van der Waals surface area (Å²) >= 11 is 0. The number of carbonyl (C=O) groups excluding carboxylic acids is 1. The SMILES string of the molecule is O=C(CCC1CCCCC1)c1ccc2c(c1)COC2. The van der Waals surface area contributed by atoms with E-state index < -0.39 is 0 Å².